The first-order valence-electron chi connectivity index (χ1n) is 7.45. The summed E-state index contributed by atoms with van der Waals surface area (Å²) in [4.78, 5) is 6.08. The number of hydrogen-bond donors (Lipinski definition) is 2. The molecule has 104 valence electrons. The highest BCUT2D eigenvalue weighted by Crippen LogP contribution is 2.41. The van der Waals surface area contributed by atoms with Gasteiger partial charge in [-0.05, 0) is 30.7 Å². The van der Waals surface area contributed by atoms with Crippen LogP contribution in [0.4, 0.5) is 0 Å². The molecule has 2 N–H and O–H groups in total. The molecule has 0 spiro atoms. The lowest BCUT2D eigenvalue weighted by Gasteiger charge is -2.37. The van der Waals surface area contributed by atoms with E-state index in [9.17, 15) is 0 Å². The van der Waals surface area contributed by atoms with Crippen molar-refractivity contribution in [1.82, 2.24) is 10.6 Å². The predicted molar refractivity (Wildman–Crippen MR) is 82.0 cm³/mol. The molecule has 0 unspecified atom stereocenters. The monoisotopic (exact) mass is 277 g/mol. The number of guanidine groups is 1. The molecular weight excluding hydrogens is 254 g/mol. The highest BCUT2D eigenvalue weighted by molar-refractivity contribution is 7.10. The Kier molecular flexibility index (Phi) is 4.06. The van der Waals surface area contributed by atoms with E-state index in [1.807, 2.05) is 11.3 Å². The zero-order valence-corrected chi connectivity index (χ0v) is 12.3. The van der Waals surface area contributed by atoms with Gasteiger partial charge in [0.2, 0.25) is 0 Å². The molecule has 3 nitrogen and oxygen atoms in total. The summed E-state index contributed by atoms with van der Waals surface area (Å²) in [5.41, 5.74) is 0.341. The molecule has 1 aliphatic heterocycles. The Morgan fingerprint density at radius 3 is 2.84 bits per heavy atom. The molecule has 0 radical (unpaired) electrons. The predicted octanol–water partition coefficient (Wildman–Crippen LogP) is 2.89. The van der Waals surface area contributed by atoms with Crippen LogP contribution in [0.5, 0.6) is 0 Å². The highest BCUT2D eigenvalue weighted by atomic mass is 32.1. The second-order valence-electron chi connectivity index (χ2n) is 5.68. The van der Waals surface area contributed by atoms with E-state index in [0.717, 1.165) is 32.0 Å². The molecule has 0 saturated heterocycles. The molecule has 4 heteroatoms. The first-order valence-corrected chi connectivity index (χ1v) is 8.33. The Morgan fingerprint density at radius 2 is 2.16 bits per heavy atom. The minimum absolute atomic E-state index is 0.341. The first-order chi connectivity index (χ1) is 9.39. The van der Waals surface area contributed by atoms with Crippen LogP contribution in [0.3, 0.4) is 0 Å². The molecule has 1 fully saturated rings. The molecule has 1 aromatic heterocycles. The van der Waals surface area contributed by atoms with Crippen molar-refractivity contribution < 1.29 is 0 Å². The van der Waals surface area contributed by atoms with Gasteiger partial charge in [0.25, 0.3) is 0 Å². The molecule has 0 atom stereocenters. The largest absolute Gasteiger partial charge is 0.356 e. The van der Waals surface area contributed by atoms with Crippen LogP contribution in [0.15, 0.2) is 22.5 Å². The van der Waals surface area contributed by atoms with Gasteiger partial charge in [-0.2, -0.15) is 0 Å². The quantitative estimate of drug-likeness (QED) is 0.891. The normalized spacial score (nSPS) is 22.4. The maximum absolute atomic E-state index is 4.52. The maximum Gasteiger partial charge on any atom is 0.191 e. The summed E-state index contributed by atoms with van der Waals surface area (Å²) in [6.45, 7) is 3.04. The molecule has 19 heavy (non-hydrogen) atoms. The van der Waals surface area contributed by atoms with Crippen molar-refractivity contribution in [3.63, 3.8) is 0 Å². The average Bonchev–Trinajstić information content (AvgIpc) is 3.02. The second kappa shape index (κ2) is 5.95. The third-order valence-electron chi connectivity index (χ3n) is 4.35. The van der Waals surface area contributed by atoms with E-state index < -0.39 is 0 Å². The summed E-state index contributed by atoms with van der Waals surface area (Å²) in [6.07, 6.45) is 7.90. The van der Waals surface area contributed by atoms with E-state index >= 15 is 0 Å². The smallest absolute Gasteiger partial charge is 0.191 e. The van der Waals surface area contributed by atoms with Gasteiger partial charge in [-0.15, -0.1) is 11.3 Å². The number of nitrogens with one attached hydrogen (secondary N) is 2. The van der Waals surface area contributed by atoms with Crippen LogP contribution < -0.4 is 10.6 Å². The minimum atomic E-state index is 0.341. The highest BCUT2D eigenvalue weighted by Gasteiger charge is 2.34. The molecule has 3 rings (SSSR count). The standard InChI is InChI=1S/C15H23N3S/c1-2-7-15(8-3-1,13-6-4-11-19-13)12-18-14-16-9-5-10-17-14/h4,6,11H,1-3,5,7-10,12H2,(H2,16,17,18). The minimum Gasteiger partial charge on any atom is -0.356 e. The van der Waals surface area contributed by atoms with Crippen molar-refractivity contribution in [1.29, 1.82) is 0 Å². The molecule has 2 heterocycles. The summed E-state index contributed by atoms with van der Waals surface area (Å²) >= 11 is 1.91. The van der Waals surface area contributed by atoms with E-state index in [-0.39, 0.29) is 0 Å². The lowest BCUT2D eigenvalue weighted by atomic mass is 9.73. The summed E-state index contributed by atoms with van der Waals surface area (Å²) in [6, 6.07) is 4.50. The Balaban J connectivity index is 1.71. The van der Waals surface area contributed by atoms with Gasteiger partial charge in [-0.1, -0.05) is 25.3 Å². The fourth-order valence-electron chi connectivity index (χ4n) is 3.22. The van der Waals surface area contributed by atoms with Crippen molar-refractivity contribution in [3.05, 3.63) is 22.4 Å². The van der Waals surface area contributed by atoms with E-state index in [0.29, 0.717) is 5.41 Å². The molecule has 1 aliphatic carbocycles. The van der Waals surface area contributed by atoms with E-state index in [2.05, 4.69) is 33.1 Å². The third kappa shape index (κ3) is 2.94. The van der Waals surface area contributed by atoms with Crippen LogP contribution in [0.1, 0.15) is 43.4 Å². The van der Waals surface area contributed by atoms with E-state index in [4.69, 9.17) is 0 Å². The number of hydrogen-bond acceptors (Lipinski definition) is 4. The first kappa shape index (κ1) is 13.0. The fraction of sp³-hybridized carbons (Fsp3) is 0.667. The summed E-state index contributed by atoms with van der Waals surface area (Å²) in [5, 5.41) is 9.14. The van der Waals surface area contributed by atoms with E-state index in [1.165, 1.54) is 32.1 Å². The maximum atomic E-state index is 4.52. The average molecular weight is 277 g/mol. The Bertz CT molecular complexity index is 419. The molecule has 0 amide bonds. The van der Waals surface area contributed by atoms with Crippen molar-refractivity contribution in [2.45, 2.75) is 43.9 Å². The number of nitrogens with zero attached hydrogens (tertiary/aromatic N) is 1. The topological polar surface area (TPSA) is 36.4 Å². The second-order valence-corrected chi connectivity index (χ2v) is 6.63. The zero-order chi connectivity index (χ0) is 13.0. The number of rotatable bonds is 3. The molecular formula is C15H23N3S. The van der Waals surface area contributed by atoms with Crippen LogP contribution in [-0.4, -0.2) is 25.6 Å². The van der Waals surface area contributed by atoms with Gasteiger partial charge in [-0.3, -0.25) is 4.99 Å². The lowest BCUT2D eigenvalue weighted by molar-refractivity contribution is 0.296. The van der Waals surface area contributed by atoms with Gasteiger partial charge in [0.15, 0.2) is 5.96 Å². The third-order valence-corrected chi connectivity index (χ3v) is 5.46. The van der Waals surface area contributed by atoms with Gasteiger partial charge >= 0.3 is 0 Å². The van der Waals surface area contributed by atoms with Crippen LogP contribution in [-0.2, 0) is 5.41 Å². The fourth-order valence-corrected chi connectivity index (χ4v) is 4.21. The Hall–Kier alpha value is -1.03. The van der Waals surface area contributed by atoms with E-state index in [1.54, 1.807) is 4.88 Å². The van der Waals surface area contributed by atoms with Gasteiger partial charge in [0.05, 0.1) is 0 Å². The molecule has 0 bridgehead atoms. The summed E-state index contributed by atoms with van der Waals surface area (Å²) in [5.74, 6) is 1.01. The van der Waals surface area contributed by atoms with Crippen molar-refractivity contribution in [3.8, 4) is 0 Å². The summed E-state index contributed by atoms with van der Waals surface area (Å²) in [7, 11) is 0. The van der Waals surface area contributed by atoms with Gasteiger partial charge in [-0.25, -0.2) is 0 Å². The Morgan fingerprint density at radius 1 is 1.26 bits per heavy atom. The van der Waals surface area contributed by atoms with Crippen molar-refractivity contribution >= 4 is 17.3 Å². The number of thiophene rings is 1. The van der Waals surface area contributed by atoms with Crippen LogP contribution in [0.25, 0.3) is 0 Å². The lowest BCUT2D eigenvalue weighted by Crippen LogP contribution is -2.47. The zero-order valence-electron chi connectivity index (χ0n) is 11.5. The molecule has 0 aromatic carbocycles. The SMILES string of the molecule is c1csc(C2(CNC3=NCCCN3)CCCCC2)c1. The van der Waals surface area contributed by atoms with Gasteiger partial charge < -0.3 is 10.6 Å². The molecule has 2 aliphatic rings. The van der Waals surface area contributed by atoms with Crippen LogP contribution >= 0.6 is 11.3 Å². The van der Waals surface area contributed by atoms with Crippen LogP contribution in [0.2, 0.25) is 0 Å². The summed E-state index contributed by atoms with van der Waals surface area (Å²) < 4.78 is 0. The van der Waals surface area contributed by atoms with Crippen molar-refractivity contribution in [2.75, 3.05) is 19.6 Å². The number of aliphatic imine (C=N–C) groups is 1. The van der Waals surface area contributed by atoms with Crippen molar-refractivity contribution in [2.24, 2.45) is 4.99 Å². The van der Waals surface area contributed by atoms with Crippen LogP contribution in [0, 0.1) is 0 Å². The molecule has 1 aromatic rings. The van der Waals surface area contributed by atoms with Gasteiger partial charge in [0, 0.05) is 29.9 Å². The van der Waals surface area contributed by atoms with Gasteiger partial charge in [0.1, 0.15) is 0 Å². The Labute approximate surface area is 119 Å². The molecule has 1 saturated carbocycles.